The molecular formula is C11H15NOS. The van der Waals surface area contributed by atoms with Crippen LogP contribution in [0.1, 0.15) is 11.1 Å². The highest BCUT2D eigenvalue weighted by Gasteiger charge is 2.18. The van der Waals surface area contributed by atoms with E-state index < -0.39 is 0 Å². The van der Waals surface area contributed by atoms with Gasteiger partial charge in [-0.05, 0) is 29.9 Å². The van der Waals surface area contributed by atoms with Crippen molar-refractivity contribution in [2.75, 3.05) is 12.9 Å². The van der Waals surface area contributed by atoms with Crippen LogP contribution in [0.2, 0.25) is 0 Å². The maximum Gasteiger partial charge on any atom is 0.0587 e. The second-order valence-electron chi connectivity index (χ2n) is 3.56. The maximum atomic E-state index is 9.08. The van der Waals surface area contributed by atoms with Crippen LogP contribution in [0, 0.1) is 0 Å². The number of hydrogen-bond acceptors (Lipinski definition) is 3. The Bertz CT molecular complexity index is 327. The largest absolute Gasteiger partial charge is 0.395 e. The molecule has 2 nitrogen and oxygen atoms in total. The number of benzene rings is 1. The van der Waals surface area contributed by atoms with Crippen LogP contribution < -0.4 is 5.32 Å². The van der Waals surface area contributed by atoms with Gasteiger partial charge in [0.25, 0.3) is 0 Å². The van der Waals surface area contributed by atoms with Gasteiger partial charge in [0, 0.05) is 17.5 Å². The molecule has 1 aliphatic rings. The Labute approximate surface area is 88.7 Å². The molecule has 0 saturated heterocycles. The molecule has 1 aromatic rings. The van der Waals surface area contributed by atoms with Gasteiger partial charge in [0.05, 0.1) is 6.61 Å². The van der Waals surface area contributed by atoms with Crippen LogP contribution in [0.3, 0.4) is 0 Å². The van der Waals surface area contributed by atoms with E-state index in [4.69, 9.17) is 5.11 Å². The highest BCUT2D eigenvalue weighted by Crippen LogP contribution is 2.26. The van der Waals surface area contributed by atoms with E-state index in [0.717, 1.165) is 13.0 Å². The molecular weight excluding hydrogens is 194 g/mol. The Morgan fingerprint density at radius 3 is 3.14 bits per heavy atom. The van der Waals surface area contributed by atoms with Gasteiger partial charge >= 0.3 is 0 Å². The maximum absolute atomic E-state index is 9.08. The minimum Gasteiger partial charge on any atom is -0.395 e. The number of aliphatic hydroxyl groups is 1. The van der Waals surface area contributed by atoms with E-state index in [1.54, 1.807) is 11.8 Å². The Morgan fingerprint density at radius 2 is 2.43 bits per heavy atom. The molecule has 14 heavy (non-hydrogen) atoms. The Balaban J connectivity index is 2.30. The van der Waals surface area contributed by atoms with E-state index in [9.17, 15) is 0 Å². The van der Waals surface area contributed by atoms with Gasteiger partial charge in [0.15, 0.2) is 0 Å². The predicted molar refractivity (Wildman–Crippen MR) is 59.6 cm³/mol. The molecule has 1 aliphatic heterocycles. The highest BCUT2D eigenvalue weighted by atomic mass is 32.2. The lowest BCUT2D eigenvalue weighted by molar-refractivity contribution is 0.235. The quantitative estimate of drug-likeness (QED) is 0.722. The van der Waals surface area contributed by atoms with E-state index in [0.29, 0.717) is 0 Å². The molecule has 1 atom stereocenters. The first-order valence-corrected chi connectivity index (χ1v) is 6.06. The second-order valence-corrected chi connectivity index (χ2v) is 4.41. The average Bonchev–Trinajstić information content (AvgIpc) is 2.27. The topological polar surface area (TPSA) is 32.3 Å². The van der Waals surface area contributed by atoms with Crippen molar-refractivity contribution in [3.63, 3.8) is 0 Å². The van der Waals surface area contributed by atoms with Crippen molar-refractivity contribution in [3.8, 4) is 0 Å². The first-order chi connectivity index (χ1) is 6.85. The third kappa shape index (κ3) is 1.80. The van der Waals surface area contributed by atoms with E-state index in [-0.39, 0.29) is 12.6 Å². The Hall–Kier alpha value is -0.510. The first-order valence-electron chi connectivity index (χ1n) is 4.84. The lowest BCUT2D eigenvalue weighted by Gasteiger charge is -2.26. The van der Waals surface area contributed by atoms with Crippen LogP contribution in [0.5, 0.6) is 0 Å². The summed E-state index contributed by atoms with van der Waals surface area (Å²) in [6, 6.07) is 6.66. The Morgan fingerprint density at radius 1 is 1.57 bits per heavy atom. The highest BCUT2D eigenvalue weighted by molar-refractivity contribution is 7.98. The number of aliphatic hydroxyl groups excluding tert-OH is 1. The van der Waals surface area contributed by atoms with Gasteiger partial charge in [-0.2, -0.15) is 0 Å². The third-order valence-corrected chi connectivity index (χ3v) is 3.53. The van der Waals surface area contributed by atoms with Crippen molar-refractivity contribution in [3.05, 3.63) is 29.3 Å². The number of fused-ring (bicyclic) bond motifs is 1. The SMILES string of the molecule is CSc1cccc2c1CN[C@H](CO)C2. The number of rotatable bonds is 2. The monoisotopic (exact) mass is 209 g/mol. The van der Waals surface area contributed by atoms with Crippen LogP contribution >= 0.6 is 11.8 Å². The number of thioether (sulfide) groups is 1. The van der Waals surface area contributed by atoms with Crippen molar-refractivity contribution >= 4 is 11.8 Å². The molecule has 0 aromatic heterocycles. The molecule has 0 unspecified atom stereocenters. The minimum absolute atomic E-state index is 0.225. The van der Waals surface area contributed by atoms with Gasteiger partial charge in [0.2, 0.25) is 0 Å². The second kappa shape index (κ2) is 4.34. The summed E-state index contributed by atoms with van der Waals surface area (Å²) in [4.78, 5) is 1.35. The van der Waals surface area contributed by atoms with E-state index in [1.165, 1.54) is 16.0 Å². The average molecular weight is 209 g/mol. The molecule has 1 heterocycles. The summed E-state index contributed by atoms with van der Waals surface area (Å²) in [7, 11) is 0. The zero-order valence-corrected chi connectivity index (χ0v) is 9.10. The van der Waals surface area contributed by atoms with Crippen LogP contribution in [0.25, 0.3) is 0 Å². The lowest BCUT2D eigenvalue weighted by atomic mass is 9.96. The van der Waals surface area contributed by atoms with E-state index >= 15 is 0 Å². The molecule has 0 aliphatic carbocycles. The fraction of sp³-hybridized carbons (Fsp3) is 0.455. The van der Waals surface area contributed by atoms with Gasteiger partial charge in [0.1, 0.15) is 0 Å². The summed E-state index contributed by atoms with van der Waals surface area (Å²) in [6.45, 7) is 1.11. The summed E-state index contributed by atoms with van der Waals surface area (Å²) < 4.78 is 0. The Kier molecular flexibility index (Phi) is 3.11. The summed E-state index contributed by atoms with van der Waals surface area (Å²) >= 11 is 1.79. The van der Waals surface area contributed by atoms with Crippen LogP contribution in [0.4, 0.5) is 0 Å². The molecule has 0 saturated carbocycles. The molecule has 0 spiro atoms. The zero-order valence-electron chi connectivity index (χ0n) is 8.29. The van der Waals surface area contributed by atoms with E-state index in [2.05, 4.69) is 29.8 Å². The van der Waals surface area contributed by atoms with Crippen LogP contribution in [0.15, 0.2) is 23.1 Å². The number of hydrogen-bond donors (Lipinski definition) is 2. The molecule has 1 aromatic carbocycles. The number of nitrogens with one attached hydrogen (secondary N) is 1. The molecule has 0 amide bonds. The molecule has 0 bridgehead atoms. The van der Waals surface area contributed by atoms with Gasteiger partial charge in [-0.3, -0.25) is 0 Å². The summed E-state index contributed by atoms with van der Waals surface area (Å²) in [5, 5.41) is 12.4. The standard InChI is InChI=1S/C11H15NOS/c1-14-11-4-2-3-8-5-9(7-13)12-6-10(8)11/h2-4,9,12-13H,5-7H2,1H3/t9-/m0/s1. The molecule has 2 rings (SSSR count). The third-order valence-electron chi connectivity index (χ3n) is 2.70. The molecule has 3 heteroatoms. The summed E-state index contributed by atoms with van der Waals surface area (Å²) in [5.41, 5.74) is 2.79. The molecule has 0 radical (unpaired) electrons. The van der Waals surface area contributed by atoms with Gasteiger partial charge in [-0.15, -0.1) is 11.8 Å². The van der Waals surface area contributed by atoms with Gasteiger partial charge in [-0.1, -0.05) is 12.1 Å². The van der Waals surface area contributed by atoms with Crippen molar-refractivity contribution < 1.29 is 5.11 Å². The summed E-state index contributed by atoms with van der Waals surface area (Å²) in [6.07, 6.45) is 3.05. The fourth-order valence-corrected chi connectivity index (χ4v) is 2.57. The molecule has 2 N–H and O–H groups in total. The lowest BCUT2D eigenvalue weighted by Crippen LogP contribution is -2.38. The van der Waals surface area contributed by atoms with Gasteiger partial charge in [-0.25, -0.2) is 0 Å². The van der Waals surface area contributed by atoms with Crippen molar-refractivity contribution in [2.24, 2.45) is 0 Å². The zero-order chi connectivity index (χ0) is 9.97. The van der Waals surface area contributed by atoms with Crippen LogP contribution in [-0.4, -0.2) is 24.0 Å². The molecule has 76 valence electrons. The fourth-order valence-electron chi connectivity index (χ4n) is 1.91. The smallest absolute Gasteiger partial charge is 0.0587 e. The van der Waals surface area contributed by atoms with E-state index in [1.807, 2.05) is 0 Å². The predicted octanol–water partition coefficient (Wildman–Crippen LogP) is 1.42. The van der Waals surface area contributed by atoms with Crippen LogP contribution in [-0.2, 0) is 13.0 Å². The normalized spacial score (nSPS) is 20.6. The minimum atomic E-state index is 0.225. The first kappa shape index (κ1) is 10.0. The van der Waals surface area contributed by atoms with Crippen molar-refractivity contribution in [2.45, 2.75) is 23.9 Å². The van der Waals surface area contributed by atoms with Gasteiger partial charge < -0.3 is 10.4 Å². The van der Waals surface area contributed by atoms with Crippen molar-refractivity contribution in [1.29, 1.82) is 0 Å². The molecule has 0 fully saturated rings. The summed E-state index contributed by atoms with van der Waals surface area (Å²) in [5.74, 6) is 0. The van der Waals surface area contributed by atoms with Crippen molar-refractivity contribution in [1.82, 2.24) is 5.32 Å².